The number of furan rings is 1. The minimum atomic E-state index is -0.861. The Morgan fingerprint density at radius 3 is 2.51 bits per heavy atom. The lowest BCUT2D eigenvalue weighted by molar-refractivity contribution is -0.123. The number of carbonyl (C=O) groups is 3. The lowest BCUT2D eigenvalue weighted by Gasteiger charge is -2.20. The van der Waals surface area contributed by atoms with Crippen LogP contribution in [0.25, 0.3) is 11.3 Å². The summed E-state index contributed by atoms with van der Waals surface area (Å²) in [5.74, 6) is -0.801. The molecule has 2 aromatic carbocycles. The normalized spacial score (nSPS) is 11.9. The fourth-order valence-electron chi connectivity index (χ4n) is 3.15. The van der Waals surface area contributed by atoms with E-state index in [1.54, 1.807) is 56.3 Å². The molecule has 182 valence electrons. The van der Waals surface area contributed by atoms with Crippen molar-refractivity contribution in [2.45, 2.75) is 19.9 Å². The van der Waals surface area contributed by atoms with Gasteiger partial charge in [-0.3, -0.25) is 9.59 Å². The SMILES string of the molecule is COC(=O)c1cccc(-c2ccc(/C=N/NC(=O)C(NC(=O)c3ccc(Cl)cc3Cl)C(C)C)o2)c1. The van der Waals surface area contributed by atoms with E-state index in [0.29, 0.717) is 27.7 Å². The molecule has 10 heteroatoms. The molecular formula is C25H23Cl2N3O5. The minimum absolute atomic E-state index is 0.182. The van der Waals surface area contributed by atoms with Gasteiger partial charge in [0.15, 0.2) is 0 Å². The molecule has 0 radical (unpaired) electrons. The van der Waals surface area contributed by atoms with E-state index in [-0.39, 0.29) is 16.5 Å². The zero-order chi connectivity index (χ0) is 25.5. The molecule has 1 heterocycles. The van der Waals surface area contributed by atoms with E-state index >= 15 is 0 Å². The first-order valence-electron chi connectivity index (χ1n) is 10.6. The molecule has 0 aliphatic rings. The summed E-state index contributed by atoms with van der Waals surface area (Å²) in [7, 11) is 1.31. The van der Waals surface area contributed by atoms with Gasteiger partial charge in [-0.1, -0.05) is 49.2 Å². The third-order valence-corrected chi connectivity index (χ3v) is 5.52. The number of nitrogens with one attached hydrogen (secondary N) is 2. The minimum Gasteiger partial charge on any atom is -0.465 e. The second-order valence-electron chi connectivity index (χ2n) is 7.83. The van der Waals surface area contributed by atoms with Gasteiger partial charge >= 0.3 is 5.97 Å². The van der Waals surface area contributed by atoms with E-state index in [1.165, 1.54) is 25.5 Å². The Hall–Kier alpha value is -3.62. The van der Waals surface area contributed by atoms with Crippen molar-refractivity contribution >= 4 is 47.2 Å². The summed E-state index contributed by atoms with van der Waals surface area (Å²) in [4.78, 5) is 37.0. The highest BCUT2D eigenvalue weighted by molar-refractivity contribution is 6.36. The Morgan fingerprint density at radius 1 is 1.06 bits per heavy atom. The van der Waals surface area contributed by atoms with Crippen molar-refractivity contribution in [1.82, 2.24) is 10.7 Å². The summed E-state index contributed by atoms with van der Waals surface area (Å²) in [5, 5.41) is 7.19. The zero-order valence-electron chi connectivity index (χ0n) is 19.2. The maximum atomic E-state index is 12.7. The molecule has 3 rings (SSSR count). The summed E-state index contributed by atoms with van der Waals surface area (Å²) >= 11 is 12.0. The molecule has 0 aliphatic heterocycles. The van der Waals surface area contributed by atoms with Gasteiger partial charge in [0, 0.05) is 10.6 Å². The van der Waals surface area contributed by atoms with Crippen LogP contribution in [0, 0.1) is 5.92 Å². The largest absolute Gasteiger partial charge is 0.465 e. The van der Waals surface area contributed by atoms with Gasteiger partial charge in [-0.15, -0.1) is 0 Å². The third-order valence-electron chi connectivity index (χ3n) is 4.97. The molecule has 0 bridgehead atoms. The van der Waals surface area contributed by atoms with E-state index in [1.807, 2.05) is 0 Å². The molecule has 1 unspecified atom stereocenters. The van der Waals surface area contributed by atoms with Gasteiger partial charge in [0.05, 0.1) is 29.5 Å². The molecule has 1 atom stereocenters. The molecule has 1 aromatic heterocycles. The van der Waals surface area contributed by atoms with Crippen molar-refractivity contribution in [3.05, 3.63) is 81.5 Å². The summed E-state index contributed by atoms with van der Waals surface area (Å²) in [6.07, 6.45) is 1.33. The highest BCUT2D eigenvalue weighted by Crippen LogP contribution is 2.23. The standard InChI is InChI=1S/C25H23Cl2N3O5/c1-14(2)22(29-23(31)19-9-7-17(26)12-20(19)27)24(32)30-28-13-18-8-10-21(35-18)15-5-4-6-16(11-15)25(33)34-3/h4-14,22H,1-3H3,(H,29,31)(H,30,32)/b28-13+. The first-order chi connectivity index (χ1) is 16.7. The summed E-state index contributed by atoms with van der Waals surface area (Å²) in [6.45, 7) is 3.58. The van der Waals surface area contributed by atoms with Crippen LogP contribution >= 0.6 is 23.2 Å². The zero-order valence-corrected chi connectivity index (χ0v) is 20.7. The lowest BCUT2D eigenvalue weighted by atomic mass is 10.0. The number of methoxy groups -OCH3 is 1. The van der Waals surface area contributed by atoms with Gasteiger partial charge in [-0.25, -0.2) is 10.2 Å². The first-order valence-corrected chi connectivity index (χ1v) is 11.3. The lowest BCUT2D eigenvalue weighted by Crippen LogP contribution is -2.48. The fourth-order valence-corrected chi connectivity index (χ4v) is 3.65. The fraction of sp³-hybridized carbons (Fsp3) is 0.200. The van der Waals surface area contributed by atoms with E-state index in [2.05, 4.69) is 15.8 Å². The molecule has 35 heavy (non-hydrogen) atoms. The van der Waals surface area contributed by atoms with Crippen LogP contribution in [0.5, 0.6) is 0 Å². The Balaban J connectivity index is 1.65. The quantitative estimate of drug-likeness (QED) is 0.250. The number of hydrazone groups is 1. The number of benzene rings is 2. The summed E-state index contributed by atoms with van der Waals surface area (Å²) in [5.41, 5.74) is 3.69. The molecule has 0 saturated heterocycles. The van der Waals surface area contributed by atoms with Gasteiger partial charge < -0.3 is 14.5 Å². The van der Waals surface area contributed by atoms with Crippen LogP contribution in [-0.4, -0.2) is 37.1 Å². The van der Waals surface area contributed by atoms with Crippen LogP contribution in [0.1, 0.15) is 40.3 Å². The molecule has 2 N–H and O–H groups in total. The van der Waals surface area contributed by atoms with E-state index < -0.39 is 23.8 Å². The highest BCUT2D eigenvalue weighted by atomic mass is 35.5. The molecule has 0 aliphatic carbocycles. The molecular weight excluding hydrogens is 493 g/mol. The molecule has 3 aromatic rings. The molecule has 0 saturated carbocycles. The maximum Gasteiger partial charge on any atom is 0.337 e. The van der Waals surface area contributed by atoms with Crippen molar-refractivity contribution in [3.8, 4) is 11.3 Å². The number of halogens is 2. The van der Waals surface area contributed by atoms with E-state index in [4.69, 9.17) is 32.4 Å². The van der Waals surface area contributed by atoms with E-state index in [0.717, 1.165) is 0 Å². The van der Waals surface area contributed by atoms with Crippen LogP contribution < -0.4 is 10.7 Å². The second kappa shape index (κ2) is 11.7. The van der Waals surface area contributed by atoms with Crippen molar-refractivity contribution in [2.75, 3.05) is 7.11 Å². The van der Waals surface area contributed by atoms with Crippen LogP contribution in [0.3, 0.4) is 0 Å². The van der Waals surface area contributed by atoms with Crippen LogP contribution in [-0.2, 0) is 9.53 Å². The number of esters is 1. The summed E-state index contributed by atoms with van der Waals surface area (Å²) in [6, 6.07) is 13.8. The van der Waals surface area contributed by atoms with Gasteiger partial charge in [-0.05, 0) is 48.4 Å². The van der Waals surface area contributed by atoms with E-state index in [9.17, 15) is 14.4 Å². The number of rotatable bonds is 8. The molecule has 0 spiro atoms. The van der Waals surface area contributed by atoms with Crippen LogP contribution in [0.2, 0.25) is 10.0 Å². The average molecular weight is 516 g/mol. The number of hydrogen-bond donors (Lipinski definition) is 2. The Kier molecular flexibility index (Phi) is 8.68. The smallest absolute Gasteiger partial charge is 0.337 e. The third kappa shape index (κ3) is 6.71. The first kappa shape index (κ1) is 26.0. The van der Waals surface area contributed by atoms with Crippen molar-refractivity contribution in [1.29, 1.82) is 0 Å². The monoisotopic (exact) mass is 515 g/mol. The number of nitrogens with zero attached hydrogens (tertiary/aromatic N) is 1. The number of amides is 2. The second-order valence-corrected chi connectivity index (χ2v) is 8.67. The van der Waals surface area contributed by atoms with Gasteiger partial charge in [0.2, 0.25) is 0 Å². The topological polar surface area (TPSA) is 110 Å². The van der Waals surface area contributed by atoms with Crippen LogP contribution in [0.4, 0.5) is 0 Å². The number of ether oxygens (including phenoxy) is 1. The molecule has 8 nitrogen and oxygen atoms in total. The van der Waals surface area contributed by atoms with Gasteiger partial charge in [0.25, 0.3) is 11.8 Å². The molecule has 2 amide bonds. The Bertz CT molecular complexity index is 1270. The van der Waals surface area contributed by atoms with Crippen LogP contribution in [0.15, 0.2) is 64.1 Å². The molecule has 0 fully saturated rings. The predicted octanol–water partition coefficient (Wildman–Crippen LogP) is 4.94. The van der Waals surface area contributed by atoms with Gasteiger partial charge in [0.1, 0.15) is 17.6 Å². The number of hydrogen-bond acceptors (Lipinski definition) is 6. The number of carbonyl (C=O) groups excluding carboxylic acids is 3. The summed E-state index contributed by atoms with van der Waals surface area (Å²) < 4.78 is 10.5. The Labute approximate surface area is 212 Å². The van der Waals surface area contributed by atoms with Crippen molar-refractivity contribution < 1.29 is 23.5 Å². The average Bonchev–Trinajstić information content (AvgIpc) is 3.30. The van der Waals surface area contributed by atoms with Gasteiger partial charge in [-0.2, -0.15) is 5.10 Å². The Morgan fingerprint density at radius 2 is 1.83 bits per heavy atom. The maximum absolute atomic E-state index is 12.7. The predicted molar refractivity (Wildman–Crippen MR) is 134 cm³/mol. The van der Waals surface area contributed by atoms with Crippen molar-refractivity contribution in [3.63, 3.8) is 0 Å². The van der Waals surface area contributed by atoms with Crippen molar-refractivity contribution in [2.24, 2.45) is 11.0 Å². The highest BCUT2D eigenvalue weighted by Gasteiger charge is 2.25.